The molecule has 0 saturated heterocycles. The third-order valence-corrected chi connectivity index (χ3v) is 6.06. The highest BCUT2D eigenvalue weighted by Crippen LogP contribution is 2.32. The number of nitrogens with zero attached hydrogens (tertiary/aromatic N) is 2. The predicted molar refractivity (Wildman–Crippen MR) is 148 cm³/mol. The van der Waals surface area contributed by atoms with E-state index in [0.717, 1.165) is 0 Å². The average molecular weight is 552 g/mol. The number of anilines is 2. The molecule has 2 heterocycles. The summed E-state index contributed by atoms with van der Waals surface area (Å²) >= 11 is 11.9. The fourth-order valence-corrected chi connectivity index (χ4v) is 4.01. The summed E-state index contributed by atoms with van der Waals surface area (Å²) in [6.45, 7) is 1.18. The summed E-state index contributed by atoms with van der Waals surface area (Å²) in [6, 6.07) is 15.5. The number of halogens is 2. The minimum Gasteiger partial charge on any atom is -0.506 e. The number of carbonyl (C=O) groups excluding carboxylic acids is 2. The van der Waals surface area contributed by atoms with Crippen molar-refractivity contribution in [1.29, 1.82) is 0 Å². The SMILES string of the molecule is CNCCn1cccc(-c2ccc(C(=O)Nc3c(O)cc(Cl)cc3C(=O)Nc3ccc(Cl)cn3)cc2)c1=O. The molecule has 11 heteroatoms. The monoisotopic (exact) mass is 551 g/mol. The normalized spacial score (nSPS) is 10.7. The predicted octanol–water partition coefficient (Wildman–Crippen LogP) is 4.65. The number of amides is 2. The first-order chi connectivity index (χ1) is 18.3. The number of phenolic OH excluding ortho intramolecular Hbond substituents is 1. The smallest absolute Gasteiger partial charge is 0.259 e. The molecule has 0 aliphatic heterocycles. The fraction of sp³-hybridized carbons (Fsp3) is 0.111. The lowest BCUT2D eigenvalue weighted by Gasteiger charge is -2.14. The molecule has 0 bridgehead atoms. The topological polar surface area (TPSA) is 125 Å². The third-order valence-electron chi connectivity index (χ3n) is 5.62. The van der Waals surface area contributed by atoms with Gasteiger partial charge in [0.15, 0.2) is 0 Å². The maximum absolute atomic E-state index is 13.0. The number of aromatic hydroxyl groups is 1. The highest BCUT2D eigenvalue weighted by atomic mass is 35.5. The van der Waals surface area contributed by atoms with Crippen molar-refractivity contribution in [2.75, 3.05) is 24.2 Å². The number of carbonyl (C=O) groups is 2. The summed E-state index contributed by atoms with van der Waals surface area (Å²) < 4.78 is 1.61. The van der Waals surface area contributed by atoms with Crippen LogP contribution in [0, 0.1) is 0 Å². The Morgan fingerprint density at radius 2 is 1.74 bits per heavy atom. The molecule has 0 unspecified atom stereocenters. The molecule has 0 fully saturated rings. The Hall–Kier alpha value is -4.18. The van der Waals surface area contributed by atoms with E-state index in [1.807, 2.05) is 7.05 Å². The second-order valence-electron chi connectivity index (χ2n) is 8.22. The lowest BCUT2D eigenvalue weighted by Crippen LogP contribution is -2.25. The molecule has 0 aliphatic carbocycles. The van der Waals surface area contributed by atoms with Crippen molar-refractivity contribution in [3.8, 4) is 16.9 Å². The van der Waals surface area contributed by atoms with Crippen LogP contribution in [-0.2, 0) is 6.54 Å². The van der Waals surface area contributed by atoms with Gasteiger partial charge in [0.25, 0.3) is 17.4 Å². The number of nitrogens with one attached hydrogen (secondary N) is 3. The van der Waals surface area contributed by atoms with E-state index in [1.165, 1.54) is 24.4 Å². The zero-order chi connectivity index (χ0) is 27.2. The van der Waals surface area contributed by atoms with Crippen molar-refractivity contribution in [3.05, 3.63) is 105 Å². The van der Waals surface area contributed by atoms with E-state index in [9.17, 15) is 19.5 Å². The number of aromatic nitrogens is 2. The van der Waals surface area contributed by atoms with Crippen LogP contribution in [0.2, 0.25) is 10.0 Å². The Bertz CT molecular complexity index is 1540. The highest BCUT2D eigenvalue weighted by molar-refractivity contribution is 6.32. The van der Waals surface area contributed by atoms with Crippen molar-refractivity contribution in [2.24, 2.45) is 0 Å². The van der Waals surface area contributed by atoms with Gasteiger partial charge >= 0.3 is 0 Å². The highest BCUT2D eigenvalue weighted by Gasteiger charge is 2.20. The van der Waals surface area contributed by atoms with E-state index >= 15 is 0 Å². The molecule has 0 atom stereocenters. The van der Waals surface area contributed by atoms with Crippen LogP contribution in [0.4, 0.5) is 11.5 Å². The average Bonchev–Trinajstić information content (AvgIpc) is 2.90. The van der Waals surface area contributed by atoms with Gasteiger partial charge in [-0.15, -0.1) is 0 Å². The van der Waals surface area contributed by atoms with E-state index in [4.69, 9.17) is 23.2 Å². The zero-order valence-electron chi connectivity index (χ0n) is 20.2. The van der Waals surface area contributed by atoms with Gasteiger partial charge in [-0.2, -0.15) is 0 Å². The van der Waals surface area contributed by atoms with Gasteiger partial charge in [0, 0.05) is 47.7 Å². The lowest BCUT2D eigenvalue weighted by molar-refractivity contribution is 0.102. The number of pyridine rings is 2. The standard InChI is InChI=1S/C27H23Cl2N5O4/c1-30-10-12-34-11-2-3-20(27(34)38)16-4-6-17(7-5-16)25(36)33-24-21(13-19(29)14-22(24)35)26(37)32-23-9-8-18(28)15-31-23/h2-9,11,13-15,30,35H,10,12H2,1H3,(H,33,36)(H,31,32,37). The Balaban J connectivity index is 1.56. The summed E-state index contributed by atoms with van der Waals surface area (Å²) in [5.74, 6) is -1.39. The van der Waals surface area contributed by atoms with Crippen molar-refractivity contribution in [3.63, 3.8) is 0 Å². The number of rotatable bonds is 8. The summed E-state index contributed by atoms with van der Waals surface area (Å²) in [5.41, 5.74) is 1.07. The lowest BCUT2D eigenvalue weighted by atomic mass is 10.0. The number of hydrogen-bond acceptors (Lipinski definition) is 6. The first-order valence-corrected chi connectivity index (χ1v) is 12.2. The molecule has 0 saturated carbocycles. The second-order valence-corrected chi connectivity index (χ2v) is 9.09. The third kappa shape index (κ3) is 6.20. The van der Waals surface area contributed by atoms with Gasteiger partial charge < -0.3 is 25.6 Å². The van der Waals surface area contributed by atoms with E-state index < -0.39 is 11.8 Å². The molecule has 2 amide bonds. The maximum Gasteiger partial charge on any atom is 0.259 e. The number of phenols is 1. The van der Waals surface area contributed by atoms with Crippen LogP contribution in [0.15, 0.2) is 77.9 Å². The van der Waals surface area contributed by atoms with Gasteiger partial charge in [-0.1, -0.05) is 35.3 Å². The summed E-state index contributed by atoms with van der Waals surface area (Å²) in [6.07, 6.45) is 3.09. The molecule has 2 aromatic carbocycles. The van der Waals surface area contributed by atoms with Crippen LogP contribution < -0.4 is 21.5 Å². The minimum atomic E-state index is -0.651. The molecule has 194 valence electrons. The van der Waals surface area contributed by atoms with Gasteiger partial charge in [0.05, 0.1) is 16.3 Å². The van der Waals surface area contributed by atoms with Crippen LogP contribution in [0.1, 0.15) is 20.7 Å². The molecule has 4 rings (SSSR count). The second kappa shape index (κ2) is 11.9. The van der Waals surface area contributed by atoms with Gasteiger partial charge in [-0.25, -0.2) is 4.98 Å². The number of benzene rings is 2. The van der Waals surface area contributed by atoms with Gasteiger partial charge in [0.2, 0.25) is 0 Å². The van der Waals surface area contributed by atoms with Crippen LogP contribution in [0.5, 0.6) is 5.75 Å². The van der Waals surface area contributed by atoms with Crippen molar-refractivity contribution < 1.29 is 14.7 Å². The molecule has 0 spiro atoms. The first-order valence-electron chi connectivity index (χ1n) is 11.5. The van der Waals surface area contributed by atoms with Crippen LogP contribution in [-0.4, -0.2) is 40.1 Å². The summed E-state index contributed by atoms with van der Waals surface area (Å²) in [7, 11) is 1.81. The zero-order valence-corrected chi connectivity index (χ0v) is 21.7. The molecule has 0 radical (unpaired) electrons. The minimum absolute atomic E-state index is 0.0666. The fourth-order valence-electron chi connectivity index (χ4n) is 3.69. The van der Waals surface area contributed by atoms with Crippen molar-refractivity contribution >= 4 is 46.5 Å². The Kier molecular flexibility index (Phi) is 8.42. The van der Waals surface area contributed by atoms with Gasteiger partial charge in [-0.05, 0) is 55.1 Å². The largest absolute Gasteiger partial charge is 0.506 e. The van der Waals surface area contributed by atoms with E-state index in [1.54, 1.807) is 53.2 Å². The Morgan fingerprint density at radius 1 is 0.974 bits per heavy atom. The van der Waals surface area contributed by atoms with Crippen molar-refractivity contribution in [1.82, 2.24) is 14.9 Å². The molecule has 0 aliphatic rings. The molecular weight excluding hydrogens is 529 g/mol. The Morgan fingerprint density at radius 3 is 2.42 bits per heavy atom. The van der Waals surface area contributed by atoms with Crippen molar-refractivity contribution in [2.45, 2.75) is 6.54 Å². The molecule has 4 aromatic rings. The van der Waals surface area contributed by atoms with E-state index in [-0.39, 0.29) is 39.0 Å². The maximum atomic E-state index is 13.0. The number of hydrogen-bond donors (Lipinski definition) is 4. The molecule has 9 nitrogen and oxygen atoms in total. The van der Waals surface area contributed by atoms with E-state index in [2.05, 4.69) is 20.9 Å². The van der Waals surface area contributed by atoms with Gasteiger partial charge in [0.1, 0.15) is 11.6 Å². The molecule has 38 heavy (non-hydrogen) atoms. The molecular formula is C27H23Cl2N5O4. The van der Waals surface area contributed by atoms with Crippen LogP contribution in [0.25, 0.3) is 11.1 Å². The summed E-state index contributed by atoms with van der Waals surface area (Å²) in [5, 5.41) is 19.1. The first kappa shape index (κ1) is 26.9. The van der Waals surface area contributed by atoms with Crippen LogP contribution >= 0.6 is 23.2 Å². The Labute approximate surface area is 228 Å². The molecule has 4 N–H and O–H groups in total. The van der Waals surface area contributed by atoms with E-state index in [0.29, 0.717) is 29.2 Å². The quantitative estimate of drug-likeness (QED) is 0.236. The summed E-state index contributed by atoms with van der Waals surface area (Å²) in [4.78, 5) is 42.8. The number of likely N-dealkylation sites (N-methyl/N-ethyl adjacent to an activating group) is 1. The van der Waals surface area contributed by atoms with Gasteiger partial charge in [-0.3, -0.25) is 14.4 Å². The van der Waals surface area contributed by atoms with Crippen LogP contribution in [0.3, 0.4) is 0 Å². The molecule has 2 aromatic heterocycles.